The van der Waals surface area contributed by atoms with Crippen LogP contribution in [0, 0.1) is 17.8 Å². The molecule has 0 saturated heterocycles. The predicted octanol–water partition coefficient (Wildman–Crippen LogP) is 5.74. The fourth-order valence-corrected chi connectivity index (χ4v) is 4.24. The van der Waals surface area contributed by atoms with E-state index in [-0.39, 0.29) is 0 Å². The number of allylic oxidation sites excluding steroid dienone is 2. The molecule has 0 atom stereocenters. The fourth-order valence-electron chi connectivity index (χ4n) is 4.24. The van der Waals surface area contributed by atoms with Crippen molar-refractivity contribution < 1.29 is 4.74 Å². The van der Waals surface area contributed by atoms with Crippen molar-refractivity contribution in [3.8, 4) is 0 Å². The smallest absolute Gasteiger partial charge is 0.0575 e. The molecule has 2 fully saturated rings. The number of hydrogen-bond donors (Lipinski definition) is 0. The van der Waals surface area contributed by atoms with Gasteiger partial charge in [-0.15, -0.1) is 0 Å². The van der Waals surface area contributed by atoms with Gasteiger partial charge in [-0.1, -0.05) is 25.0 Å². The normalized spacial score (nSPS) is 35.5. The monoisotopic (exact) mass is 278 g/mol. The Hall–Kier alpha value is -0.300. The first-order valence-corrected chi connectivity index (χ1v) is 9.06. The van der Waals surface area contributed by atoms with Gasteiger partial charge >= 0.3 is 0 Å². The minimum absolute atomic E-state index is 0.576. The van der Waals surface area contributed by atoms with Gasteiger partial charge in [0, 0.05) is 6.61 Å². The maximum Gasteiger partial charge on any atom is 0.0575 e. The SMILES string of the molecule is C/C=C/C1CCC(CCC2CCC(OCC)CC2)CC1. The Kier molecular flexibility index (Phi) is 7.13. The lowest BCUT2D eigenvalue weighted by atomic mass is 9.77. The highest BCUT2D eigenvalue weighted by Crippen LogP contribution is 2.36. The van der Waals surface area contributed by atoms with Gasteiger partial charge in [0.1, 0.15) is 0 Å². The molecule has 0 amide bonds. The topological polar surface area (TPSA) is 9.23 Å². The standard InChI is InChI=1S/C19H34O/c1-3-5-16-6-8-17(9-7-16)10-11-18-12-14-19(15-13-18)20-4-2/h3,5,16-19H,4,6-15H2,1-2H3/b5-3+. The highest BCUT2D eigenvalue weighted by atomic mass is 16.5. The molecule has 2 rings (SSSR count). The second kappa shape index (κ2) is 8.87. The molecule has 0 spiro atoms. The summed E-state index contributed by atoms with van der Waals surface area (Å²) in [6.45, 7) is 5.17. The van der Waals surface area contributed by atoms with Crippen molar-refractivity contribution in [2.45, 2.75) is 84.2 Å². The van der Waals surface area contributed by atoms with Crippen LogP contribution >= 0.6 is 0 Å². The van der Waals surface area contributed by atoms with Crippen LogP contribution in [-0.4, -0.2) is 12.7 Å². The van der Waals surface area contributed by atoms with E-state index in [9.17, 15) is 0 Å². The van der Waals surface area contributed by atoms with E-state index in [0.717, 1.165) is 24.4 Å². The zero-order valence-corrected chi connectivity index (χ0v) is 13.7. The molecule has 0 unspecified atom stereocenters. The van der Waals surface area contributed by atoms with Gasteiger partial charge in [-0.3, -0.25) is 0 Å². The van der Waals surface area contributed by atoms with Crippen molar-refractivity contribution in [3.05, 3.63) is 12.2 Å². The van der Waals surface area contributed by atoms with E-state index in [2.05, 4.69) is 26.0 Å². The lowest BCUT2D eigenvalue weighted by Gasteiger charge is -2.31. The molecule has 0 aliphatic heterocycles. The van der Waals surface area contributed by atoms with Gasteiger partial charge in [0.25, 0.3) is 0 Å². The number of ether oxygens (including phenoxy) is 1. The summed E-state index contributed by atoms with van der Waals surface area (Å²) >= 11 is 0. The highest BCUT2D eigenvalue weighted by molar-refractivity contribution is 4.89. The quantitative estimate of drug-likeness (QED) is 0.562. The van der Waals surface area contributed by atoms with Crippen molar-refractivity contribution in [1.82, 2.24) is 0 Å². The molecule has 2 saturated carbocycles. The summed E-state index contributed by atoms with van der Waals surface area (Å²) in [7, 11) is 0. The average Bonchev–Trinajstić information content (AvgIpc) is 2.49. The van der Waals surface area contributed by atoms with Crippen LogP contribution in [0.4, 0.5) is 0 Å². The molecule has 1 heteroatoms. The third kappa shape index (κ3) is 5.24. The molecule has 0 bridgehead atoms. The maximum absolute atomic E-state index is 5.75. The lowest BCUT2D eigenvalue weighted by molar-refractivity contribution is 0.0239. The van der Waals surface area contributed by atoms with E-state index in [1.165, 1.54) is 64.2 Å². The Bertz CT molecular complexity index is 267. The zero-order valence-electron chi connectivity index (χ0n) is 13.7. The van der Waals surface area contributed by atoms with E-state index in [1.807, 2.05) is 0 Å². The first kappa shape index (κ1) is 16.1. The van der Waals surface area contributed by atoms with Crippen molar-refractivity contribution >= 4 is 0 Å². The summed E-state index contributed by atoms with van der Waals surface area (Å²) in [5.41, 5.74) is 0. The summed E-state index contributed by atoms with van der Waals surface area (Å²) in [5, 5.41) is 0. The molecule has 0 aromatic rings. The lowest BCUT2D eigenvalue weighted by Crippen LogP contribution is -2.22. The second-order valence-electron chi connectivity index (χ2n) is 6.98. The molecule has 1 nitrogen and oxygen atoms in total. The van der Waals surface area contributed by atoms with Gasteiger partial charge in [-0.2, -0.15) is 0 Å². The van der Waals surface area contributed by atoms with Gasteiger partial charge in [-0.25, -0.2) is 0 Å². The maximum atomic E-state index is 5.75. The van der Waals surface area contributed by atoms with Crippen LogP contribution in [0.3, 0.4) is 0 Å². The van der Waals surface area contributed by atoms with E-state index in [0.29, 0.717) is 6.10 Å². The van der Waals surface area contributed by atoms with Gasteiger partial charge < -0.3 is 4.74 Å². The summed E-state index contributed by atoms with van der Waals surface area (Å²) in [6.07, 6.45) is 19.5. The minimum atomic E-state index is 0.576. The van der Waals surface area contributed by atoms with Crippen molar-refractivity contribution in [1.29, 1.82) is 0 Å². The van der Waals surface area contributed by atoms with Crippen LogP contribution in [0.25, 0.3) is 0 Å². The fraction of sp³-hybridized carbons (Fsp3) is 0.895. The Morgan fingerprint density at radius 3 is 1.90 bits per heavy atom. The summed E-state index contributed by atoms with van der Waals surface area (Å²) in [6, 6.07) is 0. The Labute approximate surface area is 126 Å². The Balaban J connectivity index is 1.58. The van der Waals surface area contributed by atoms with Crippen molar-refractivity contribution in [3.63, 3.8) is 0 Å². The molecule has 0 aromatic heterocycles. The molecule has 116 valence electrons. The molecule has 0 radical (unpaired) electrons. The van der Waals surface area contributed by atoms with E-state index >= 15 is 0 Å². The van der Waals surface area contributed by atoms with E-state index < -0.39 is 0 Å². The van der Waals surface area contributed by atoms with Crippen molar-refractivity contribution in [2.24, 2.45) is 17.8 Å². The predicted molar refractivity (Wildman–Crippen MR) is 86.9 cm³/mol. The van der Waals surface area contributed by atoms with Gasteiger partial charge in [0.2, 0.25) is 0 Å². The highest BCUT2D eigenvalue weighted by Gasteiger charge is 2.24. The van der Waals surface area contributed by atoms with E-state index in [1.54, 1.807) is 0 Å². The first-order valence-electron chi connectivity index (χ1n) is 9.06. The van der Waals surface area contributed by atoms with Crippen LogP contribution in [-0.2, 0) is 4.74 Å². The van der Waals surface area contributed by atoms with Crippen LogP contribution in [0.5, 0.6) is 0 Å². The number of rotatable bonds is 6. The molecular formula is C19H34O. The van der Waals surface area contributed by atoms with Gasteiger partial charge in [-0.05, 0) is 83.0 Å². The van der Waals surface area contributed by atoms with Crippen LogP contribution in [0.1, 0.15) is 78.1 Å². The minimum Gasteiger partial charge on any atom is -0.379 e. The molecule has 2 aliphatic carbocycles. The van der Waals surface area contributed by atoms with Crippen LogP contribution < -0.4 is 0 Å². The second-order valence-corrected chi connectivity index (χ2v) is 6.98. The largest absolute Gasteiger partial charge is 0.379 e. The zero-order chi connectivity index (χ0) is 14.2. The van der Waals surface area contributed by atoms with Crippen LogP contribution in [0.15, 0.2) is 12.2 Å². The van der Waals surface area contributed by atoms with Crippen LogP contribution in [0.2, 0.25) is 0 Å². The molecule has 0 aromatic carbocycles. The Morgan fingerprint density at radius 1 is 0.850 bits per heavy atom. The van der Waals surface area contributed by atoms with Crippen molar-refractivity contribution in [2.75, 3.05) is 6.61 Å². The first-order chi connectivity index (χ1) is 9.81. The molecule has 2 aliphatic rings. The Morgan fingerprint density at radius 2 is 1.40 bits per heavy atom. The number of hydrogen-bond acceptors (Lipinski definition) is 1. The third-order valence-electron chi connectivity index (χ3n) is 5.54. The molecule has 0 heterocycles. The van der Waals surface area contributed by atoms with E-state index in [4.69, 9.17) is 4.74 Å². The summed E-state index contributed by atoms with van der Waals surface area (Å²) in [4.78, 5) is 0. The summed E-state index contributed by atoms with van der Waals surface area (Å²) < 4.78 is 5.75. The molecule has 20 heavy (non-hydrogen) atoms. The average molecular weight is 278 g/mol. The van der Waals surface area contributed by atoms with Gasteiger partial charge in [0.15, 0.2) is 0 Å². The summed E-state index contributed by atoms with van der Waals surface area (Å²) in [5.74, 6) is 2.92. The van der Waals surface area contributed by atoms with Gasteiger partial charge in [0.05, 0.1) is 6.10 Å². The molecule has 0 N–H and O–H groups in total. The molecular weight excluding hydrogens is 244 g/mol. The third-order valence-corrected chi connectivity index (χ3v) is 5.54.